The van der Waals surface area contributed by atoms with Crippen molar-refractivity contribution in [2.45, 2.75) is 46.5 Å². The summed E-state index contributed by atoms with van der Waals surface area (Å²) in [5.74, 6) is 0.920. The van der Waals surface area contributed by atoms with Gasteiger partial charge in [0.25, 0.3) is 0 Å². The Morgan fingerprint density at radius 1 is 1.44 bits per heavy atom. The molecule has 1 fully saturated rings. The van der Waals surface area contributed by atoms with Crippen LogP contribution in [0.5, 0.6) is 0 Å². The predicted molar refractivity (Wildman–Crippen MR) is 122 cm³/mol. The van der Waals surface area contributed by atoms with Gasteiger partial charge in [0.1, 0.15) is 0 Å². The van der Waals surface area contributed by atoms with E-state index in [1.807, 2.05) is 0 Å². The molecule has 27 heavy (non-hydrogen) atoms. The van der Waals surface area contributed by atoms with Crippen molar-refractivity contribution in [3.63, 3.8) is 0 Å². The summed E-state index contributed by atoms with van der Waals surface area (Å²) in [6, 6.07) is 0. The Morgan fingerprint density at radius 3 is 2.70 bits per heavy atom. The Morgan fingerprint density at radius 2 is 2.15 bits per heavy atom. The highest BCUT2D eigenvalue weighted by Gasteiger charge is 2.36. The van der Waals surface area contributed by atoms with Crippen LogP contribution in [0.3, 0.4) is 0 Å². The summed E-state index contributed by atoms with van der Waals surface area (Å²) >= 11 is 1.71. The first-order valence-corrected chi connectivity index (χ1v) is 10.2. The molecule has 0 spiro atoms. The lowest BCUT2D eigenvalue weighted by Crippen LogP contribution is -2.40. The molecule has 1 aromatic rings. The normalized spacial score (nSPS) is 20.4. The zero-order valence-corrected chi connectivity index (χ0v) is 20.4. The van der Waals surface area contributed by atoms with Crippen molar-refractivity contribution in [3.8, 4) is 0 Å². The van der Waals surface area contributed by atoms with Crippen molar-refractivity contribution in [1.29, 1.82) is 0 Å². The first-order valence-electron chi connectivity index (χ1n) is 9.32. The summed E-state index contributed by atoms with van der Waals surface area (Å²) in [6.07, 6.45) is 0.833. The Hall–Kier alpha value is -0.900. The number of hydrogen-bond acceptors (Lipinski definition) is 5. The van der Waals surface area contributed by atoms with Gasteiger partial charge in [-0.3, -0.25) is 9.79 Å². The van der Waals surface area contributed by atoms with Gasteiger partial charge in [-0.05, 0) is 12.8 Å². The number of guanidine groups is 1. The highest BCUT2D eigenvalue weighted by molar-refractivity contribution is 14.0. The number of carbonyl (C=O) groups excluding carboxylic acids is 1. The minimum Gasteiger partial charge on any atom is -0.469 e. The second kappa shape index (κ2) is 10.6. The first kappa shape index (κ1) is 24.1. The largest absolute Gasteiger partial charge is 0.469 e. The molecule has 6 nitrogen and oxygen atoms in total. The summed E-state index contributed by atoms with van der Waals surface area (Å²) in [5.41, 5.74) is 1.23. The molecule has 1 saturated heterocycles. The number of halogens is 1. The Balaban J connectivity index is 0.00000364. The van der Waals surface area contributed by atoms with Gasteiger partial charge in [-0.25, -0.2) is 4.98 Å². The van der Waals surface area contributed by atoms with Crippen LogP contribution in [0.25, 0.3) is 0 Å². The van der Waals surface area contributed by atoms with Crippen molar-refractivity contribution in [2.75, 3.05) is 33.3 Å². The Labute approximate surface area is 184 Å². The van der Waals surface area contributed by atoms with E-state index in [2.05, 4.69) is 50.2 Å². The number of rotatable bonds is 5. The minimum absolute atomic E-state index is 0. The van der Waals surface area contributed by atoms with E-state index in [1.54, 1.807) is 11.3 Å². The van der Waals surface area contributed by atoms with Crippen LogP contribution in [-0.2, 0) is 21.4 Å². The summed E-state index contributed by atoms with van der Waals surface area (Å²) in [7, 11) is 1.46. The Kier molecular flexibility index (Phi) is 9.47. The van der Waals surface area contributed by atoms with E-state index in [0.717, 1.165) is 36.2 Å². The van der Waals surface area contributed by atoms with Crippen LogP contribution in [0.4, 0.5) is 0 Å². The molecular formula is C19H33IN4O2S. The molecular weight excluding hydrogens is 475 g/mol. The maximum absolute atomic E-state index is 11.9. The fraction of sp³-hybridized carbons (Fsp3) is 0.737. The summed E-state index contributed by atoms with van der Waals surface area (Å²) in [4.78, 5) is 23.6. The predicted octanol–water partition coefficient (Wildman–Crippen LogP) is 3.31. The van der Waals surface area contributed by atoms with Crippen LogP contribution in [-0.4, -0.2) is 55.1 Å². The summed E-state index contributed by atoms with van der Waals surface area (Å²) < 4.78 is 4.93. The smallest absolute Gasteiger partial charge is 0.310 e. The molecule has 0 aliphatic carbocycles. The summed E-state index contributed by atoms with van der Waals surface area (Å²) in [6.45, 7) is 13.7. The second-order valence-electron chi connectivity index (χ2n) is 7.87. The molecule has 2 rings (SSSR count). The number of hydrogen-bond donors (Lipinski definition) is 1. The van der Waals surface area contributed by atoms with E-state index in [-0.39, 0.29) is 47.2 Å². The van der Waals surface area contributed by atoms with E-state index in [1.165, 1.54) is 7.11 Å². The molecule has 0 bridgehead atoms. The highest BCUT2D eigenvalue weighted by atomic mass is 127. The number of ether oxygens (including phenoxy) is 1. The van der Waals surface area contributed by atoms with Gasteiger partial charge >= 0.3 is 5.97 Å². The van der Waals surface area contributed by atoms with E-state index >= 15 is 0 Å². The van der Waals surface area contributed by atoms with E-state index < -0.39 is 0 Å². The van der Waals surface area contributed by atoms with Crippen molar-refractivity contribution in [2.24, 2.45) is 16.8 Å². The SMILES string of the molecule is CCNC(=NCCc1nc(C(C)(C)C)cs1)N1CC(C)C(C(=O)OC)C1.I. The van der Waals surface area contributed by atoms with Crippen LogP contribution >= 0.6 is 35.3 Å². The number of carbonyl (C=O) groups is 1. The first-order chi connectivity index (χ1) is 12.3. The van der Waals surface area contributed by atoms with Gasteiger partial charge in [0.05, 0.1) is 23.7 Å². The zero-order chi connectivity index (χ0) is 19.3. The van der Waals surface area contributed by atoms with Gasteiger partial charge < -0.3 is 15.0 Å². The van der Waals surface area contributed by atoms with Crippen LogP contribution in [0.15, 0.2) is 10.4 Å². The molecule has 2 heterocycles. The highest BCUT2D eigenvalue weighted by Crippen LogP contribution is 2.25. The maximum Gasteiger partial charge on any atom is 0.310 e. The van der Waals surface area contributed by atoms with Gasteiger partial charge in [0, 0.05) is 43.4 Å². The van der Waals surface area contributed by atoms with E-state index in [0.29, 0.717) is 13.1 Å². The lowest BCUT2D eigenvalue weighted by atomic mass is 9.93. The van der Waals surface area contributed by atoms with E-state index in [4.69, 9.17) is 14.7 Å². The number of methoxy groups -OCH3 is 1. The third-order valence-electron chi connectivity index (χ3n) is 4.66. The molecule has 2 atom stereocenters. The lowest BCUT2D eigenvalue weighted by Gasteiger charge is -2.21. The molecule has 2 unspecified atom stereocenters. The number of likely N-dealkylation sites (tertiary alicyclic amines) is 1. The number of nitrogens with zero attached hydrogens (tertiary/aromatic N) is 3. The molecule has 1 aromatic heterocycles. The topological polar surface area (TPSA) is 66.8 Å². The van der Waals surface area contributed by atoms with Crippen molar-refractivity contribution >= 4 is 47.2 Å². The monoisotopic (exact) mass is 508 g/mol. The number of esters is 1. The van der Waals surface area contributed by atoms with Crippen LogP contribution in [0.1, 0.15) is 45.3 Å². The van der Waals surface area contributed by atoms with Gasteiger partial charge in [-0.1, -0.05) is 27.7 Å². The number of aromatic nitrogens is 1. The third kappa shape index (κ3) is 6.58. The average Bonchev–Trinajstić information content (AvgIpc) is 3.20. The van der Waals surface area contributed by atoms with Gasteiger partial charge in [-0.15, -0.1) is 35.3 Å². The Bertz CT molecular complexity index is 642. The minimum atomic E-state index is -0.131. The zero-order valence-electron chi connectivity index (χ0n) is 17.2. The fourth-order valence-electron chi connectivity index (χ4n) is 3.05. The number of thiazole rings is 1. The molecule has 1 aliphatic rings. The van der Waals surface area contributed by atoms with Gasteiger partial charge in [-0.2, -0.15) is 0 Å². The third-order valence-corrected chi connectivity index (χ3v) is 5.57. The molecule has 1 N–H and O–H groups in total. The van der Waals surface area contributed by atoms with Gasteiger partial charge in [0.15, 0.2) is 5.96 Å². The fourth-order valence-corrected chi connectivity index (χ4v) is 4.07. The molecule has 0 aromatic carbocycles. The maximum atomic E-state index is 11.9. The van der Waals surface area contributed by atoms with Crippen LogP contribution in [0.2, 0.25) is 0 Å². The standard InChI is InChI=1S/C19H32N4O2S.HI/c1-7-20-18(23-10-13(2)14(11-23)17(24)25-6)21-9-8-16-22-15(12-26-16)19(3,4)5;/h12-14H,7-11H2,1-6H3,(H,20,21);1H. The molecule has 0 radical (unpaired) electrons. The quantitative estimate of drug-likeness (QED) is 0.286. The number of aliphatic imine (C=N–C) groups is 1. The van der Waals surface area contributed by atoms with Crippen molar-refractivity contribution < 1.29 is 9.53 Å². The average molecular weight is 508 g/mol. The molecule has 0 saturated carbocycles. The van der Waals surface area contributed by atoms with Crippen LogP contribution in [0, 0.1) is 11.8 Å². The molecule has 8 heteroatoms. The van der Waals surface area contributed by atoms with Crippen LogP contribution < -0.4 is 5.32 Å². The molecule has 0 amide bonds. The second-order valence-corrected chi connectivity index (χ2v) is 8.82. The van der Waals surface area contributed by atoms with Crippen molar-refractivity contribution in [1.82, 2.24) is 15.2 Å². The summed E-state index contributed by atoms with van der Waals surface area (Å²) in [5, 5.41) is 6.61. The molecule has 154 valence electrons. The molecule has 1 aliphatic heterocycles. The van der Waals surface area contributed by atoms with Crippen molar-refractivity contribution in [3.05, 3.63) is 16.1 Å². The lowest BCUT2D eigenvalue weighted by molar-refractivity contribution is -0.145. The van der Waals surface area contributed by atoms with Gasteiger partial charge in [0.2, 0.25) is 0 Å². The number of nitrogens with one attached hydrogen (secondary N) is 1. The van der Waals surface area contributed by atoms with E-state index in [9.17, 15) is 4.79 Å².